The summed E-state index contributed by atoms with van der Waals surface area (Å²) in [5, 5.41) is 2.48. The van der Waals surface area contributed by atoms with E-state index in [9.17, 15) is 0 Å². The lowest BCUT2D eigenvalue weighted by molar-refractivity contribution is 1.28. The molecule has 53 heavy (non-hydrogen) atoms. The topological polar surface area (TPSA) is 3.24 Å². The number of hydrogen-bond donors (Lipinski definition) is 0. The van der Waals surface area contributed by atoms with Crippen molar-refractivity contribution in [3.05, 3.63) is 224 Å². The first-order valence-electron chi connectivity index (χ1n) is 18.2. The number of benzene rings is 9. The highest BCUT2D eigenvalue weighted by atomic mass is 15.1. The zero-order valence-corrected chi connectivity index (χ0v) is 29.3. The van der Waals surface area contributed by atoms with Crippen molar-refractivity contribution in [2.75, 3.05) is 4.90 Å². The normalized spacial score (nSPS) is 11.0. The molecule has 0 amide bonds. The monoisotopic (exact) mass is 675 g/mol. The van der Waals surface area contributed by atoms with E-state index in [1.165, 1.54) is 66.4 Å². The fourth-order valence-electron chi connectivity index (χ4n) is 7.59. The third-order valence-electron chi connectivity index (χ3n) is 10.1. The number of hydrogen-bond acceptors (Lipinski definition) is 1. The third kappa shape index (κ3) is 6.30. The van der Waals surface area contributed by atoms with Gasteiger partial charge in [0, 0.05) is 16.9 Å². The number of nitrogens with zero attached hydrogens (tertiary/aromatic N) is 1. The third-order valence-corrected chi connectivity index (χ3v) is 10.1. The summed E-state index contributed by atoms with van der Waals surface area (Å²) in [5.41, 5.74) is 15.2. The van der Waals surface area contributed by atoms with Gasteiger partial charge in [-0.3, -0.25) is 0 Å². The van der Waals surface area contributed by atoms with E-state index in [-0.39, 0.29) is 0 Å². The molecule has 0 radical (unpaired) electrons. The second-order valence-corrected chi connectivity index (χ2v) is 13.3. The first-order chi connectivity index (χ1) is 26.3. The van der Waals surface area contributed by atoms with Crippen molar-refractivity contribution in [3.8, 4) is 55.6 Å². The van der Waals surface area contributed by atoms with Gasteiger partial charge in [0.1, 0.15) is 0 Å². The quantitative estimate of drug-likeness (QED) is 0.155. The molecular weight excluding hydrogens is 639 g/mol. The highest BCUT2D eigenvalue weighted by Gasteiger charge is 2.23. The molecule has 0 saturated carbocycles. The first-order valence-corrected chi connectivity index (χ1v) is 18.2. The first kappa shape index (κ1) is 32.0. The van der Waals surface area contributed by atoms with Gasteiger partial charge in [-0.2, -0.15) is 0 Å². The molecular formula is C52H37N. The maximum Gasteiger partial charge on any atom is 0.0546 e. The molecule has 0 aromatic heterocycles. The van der Waals surface area contributed by atoms with Crippen LogP contribution in [0.1, 0.15) is 0 Å². The van der Waals surface area contributed by atoms with Crippen LogP contribution in [0.5, 0.6) is 0 Å². The Morgan fingerprint density at radius 1 is 0.264 bits per heavy atom. The van der Waals surface area contributed by atoms with Crippen LogP contribution in [-0.4, -0.2) is 0 Å². The van der Waals surface area contributed by atoms with E-state index in [4.69, 9.17) is 0 Å². The van der Waals surface area contributed by atoms with E-state index in [1.54, 1.807) is 0 Å². The second-order valence-electron chi connectivity index (χ2n) is 13.3. The Kier molecular flexibility index (Phi) is 8.66. The van der Waals surface area contributed by atoms with E-state index in [0.717, 1.165) is 17.1 Å². The van der Waals surface area contributed by atoms with Gasteiger partial charge in [-0.15, -0.1) is 0 Å². The summed E-state index contributed by atoms with van der Waals surface area (Å²) in [5.74, 6) is 0. The predicted octanol–water partition coefficient (Wildman–Crippen LogP) is 14.6. The summed E-state index contributed by atoms with van der Waals surface area (Å²) < 4.78 is 0. The van der Waals surface area contributed by atoms with Gasteiger partial charge in [0.25, 0.3) is 0 Å². The van der Waals surface area contributed by atoms with E-state index in [0.29, 0.717) is 0 Å². The molecule has 250 valence electrons. The second kappa shape index (κ2) is 14.3. The van der Waals surface area contributed by atoms with Crippen LogP contribution in [-0.2, 0) is 0 Å². The van der Waals surface area contributed by atoms with E-state index < -0.39 is 0 Å². The molecule has 0 spiro atoms. The van der Waals surface area contributed by atoms with Crippen molar-refractivity contribution >= 4 is 27.8 Å². The fraction of sp³-hybridized carbons (Fsp3) is 0. The number of anilines is 3. The summed E-state index contributed by atoms with van der Waals surface area (Å²) in [6, 6.07) is 80.9. The van der Waals surface area contributed by atoms with Crippen molar-refractivity contribution < 1.29 is 0 Å². The van der Waals surface area contributed by atoms with Crippen LogP contribution in [0.25, 0.3) is 66.4 Å². The zero-order chi connectivity index (χ0) is 35.4. The van der Waals surface area contributed by atoms with Crippen LogP contribution in [0.4, 0.5) is 17.1 Å². The molecule has 0 aliphatic rings. The minimum Gasteiger partial charge on any atom is -0.310 e. The molecule has 0 N–H and O–H groups in total. The van der Waals surface area contributed by atoms with Gasteiger partial charge in [-0.05, 0) is 91.2 Å². The Labute approximate surface area is 311 Å². The highest BCUT2D eigenvalue weighted by molar-refractivity contribution is 6.02. The molecule has 0 atom stereocenters. The summed E-state index contributed by atoms with van der Waals surface area (Å²) in [6.07, 6.45) is 0. The van der Waals surface area contributed by atoms with Crippen molar-refractivity contribution in [2.45, 2.75) is 0 Å². The maximum absolute atomic E-state index is 2.44. The SMILES string of the molecule is c1ccc(-c2ccc(N(c3cccc(-c4cccc5ccccc45)c3)c3cccc(-c4ccccc4)c3-c3ccccc3-c3ccccc3)cc2)cc1. The lowest BCUT2D eigenvalue weighted by Crippen LogP contribution is -2.12. The molecule has 0 bridgehead atoms. The average Bonchev–Trinajstić information content (AvgIpc) is 3.25. The highest BCUT2D eigenvalue weighted by Crippen LogP contribution is 2.48. The molecule has 9 aromatic rings. The standard InChI is InChI=1S/C52H37N/c1-4-17-38(18-5-1)39-33-35-44(36-34-39)53(45-26-14-25-43(37-45)48-30-15-24-41-23-10-11-27-46(41)48)51-32-16-31-49(42-21-8-3-9-22-42)52(51)50-29-13-12-28-47(50)40-19-6-2-7-20-40/h1-37H. The summed E-state index contributed by atoms with van der Waals surface area (Å²) in [4.78, 5) is 2.44. The largest absolute Gasteiger partial charge is 0.310 e. The molecule has 9 aromatic carbocycles. The van der Waals surface area contributed by atoms with Gasteiger partial charge in [-0.1, -0.05) is 194 Å². The Morgan fingerprint density at radius 3 is 1.49 bits per heavy atom. The van der Waals surface area contributed by atoms with Crippen molar-refractivity contribution in [2.24, 2.45) is 0 Å². The maximum atomic E-state index is 2.44. The van der Waals surface area contributed by atoms with E-state index in [2.05, 4.69) is 229 Å². The Morgan fingerprint density at radius 2 is 0.755 bits per heavy atom. The molecule has 0 saturated heterocycles. The molecule has 0 fully saturated rings. The van der Waals surface area contributed by atoms with Crippen LogP contribution in [0.15, 0.2) is 224 Å². The van der Waals surface area contributed by atoms with Gasteiger partial charge in [-0.25, -0.2) is 0 Å². The van der Waals surface area contributed by atoms with Crippen LogP contribution < -0.4 is 4.90 Å². The van der Waals surface area contributed by atoms with Gasteiger partial charge < -0.3 is 4.90 Å². The van der Waals surface area contributed by atoms with Crippen LogP contribution in [0.3, 0.4) is 0 Å². The van der Waals surface area contributed by atoms with Gasteiger partial charge in [0.15, 0.2) is 0 Å². The number of rotatable bonds is 8. The van der Waals surface area contributed by atoms with E-state index in [1.807, 2.05) is 0 Å². The van der Waals surface area contributed by atoms with Crippen molar-refractivity contribution in [3.63, 3.8) is 0 Å². The smallest absolute Gasteiger partial charge is 0.0546 e. The Hall–Kier alpha value is -6.96. The van der Waals surface area contributed by atoms with Crippen molar-refractivity contribution in [1.82, 2.24) is 0 Å². The van der Waals surface area contributed by atoms with Gasteiger partial charge in [0.2, 0.25) is 0 Å². The van der Waals surface area contributed by atoms with Crippen molar-refractivity contribution in [1.29, 1.82) is 0 Å². The summed E-state index contributed by atoms with van der Waals surface area (Å²) in [6.45, 7) is 0. The zero-order valence-electron chi connectivity index (χ0n) is 29.3. The van der Waals surface area contributed by atoms with Crippen LogP contribution in [0.2, 0.25) is 0 Å². The molecule has 1 nitrogen and oxygen atoms in total. The lowest BCUT2D eigenvalue weighted by atomic mass is 9.87. The van der Waals surface area contributed by atoms with Gasteiger partial charge >= 0.3 is 0 Å². The summed E-state index contributed by atoms with van der Waals surface area (Å²) >= 11 is 0. The fourth-order valence-corrected chi connectivity index (χ4v) is 7.59. The molecule has 0 heterocycles. The number of fused-ring (bicyclic) bond motifs is 1. The van der Waals surface area contributed by atoms with Gasteiger partial charge in [0.05, 0.1) is 5.69 Å². The minimum atomic E-state index is 1.09. The van der Waals surface area contributed by atoms with Crippen LogP contribution >= 0.6 is 0 Å². The molecule has 0 aliphatic carbocycles. The van der Waals surface area contributed by atoms with Crippen LogP contribution in [0, 0.1) is 0 Å². The molecule has 0 aliphatic heterocycles. The predicted molar refractivity (Wildman–Crippen MR) is 226 cm³/mol. The molecule has 9 rings (SSSR count). The minimum absolute atomic E-state index is 1.09. The lowest BCUT2D eigenvalue weighted by Gasteiger charge is -2.30. The molecule has 0 unspecified atom stereocenters. The van der Waals surface area contributed by atoms with E-state index >= 15 is 0 Å². The molecule has 1 heteroatoms. The Balaban J connectivity index is 1.31. The Bertz CT molecular complexity index is 2640. The summed E-state index contributed by atoms with van der Waals surface area (Å²) in [7, 11) is 0. The average molecular weight is 676 g/mol.